The Morgan fingerprint density at radius 2 is 1.42 bits per heavy atom. The molecule has 0 amide bonds. The highest BCUT2D eigenvalue weighted by Gasteiger charge is 2.29. The first-order chi connectivity index (χ1) is 11.7. The zero-order valence-corrected chi connectivity index (χ0v) is 15.5. The molecule has 0 heterocycles. The van der Waals surface area contributed by atoms with E-state index >= 15 is 0 Å². The smallest absolute Gasteiger partial charge is 0.123 e. The van der Waals surface area contributed by atoms with Gasteiger partial charge in [0.2, 0.25) is 0 Å². The highest BCUT2D eigenvalue weighted by atomic mass is 19.1. The Morgan fingerprint density at radius 3 is 2.08 bits per heavy atom. The lowest BCUT2D eigenvalue weighted by molar-refractivity contribution is 0.152. The van der Waals surface area contributed by atoms with E-state index in [1.165, 1.54) is 82.6 Å². The van der Waals surface area contributed by atoms with Crippen LogP contribution in [0, 0.1) is 23.6 Å². The average molecular weight is 331 g/mol. The van der Waals surface area contributed by atoms with Crippen molar-refractivity contribution in [2.45, 2.75) is 89.9 Å². The van der Waals surface area contributed by atoms with Crippen LogP contribution in [0.25, 0.3) is 0 Å². The largest absolute Gasteiger partial charge is 0.207 e. The second-order valence-corrected chi connectivity index (χ2v) is 8.55. The van der Waals surface area contributed by atoms with Crippen LogP contribution in [0.3, 0.4) is 0 Å². The number of hydrogen-bond acceptors (Lipinski definition) is 0. The second kappa shape index (κ2) is 9.02. The van der Waals surface area contributed by atoms with E-state index in [2.05, 4.69) is 6.92 Å². The highest BCUT2D eigenvalue weighted by molar-refractivity contribution is 5.20. The first kappa shape index (κ1) is 18.0. The summed E-state index contributed by atoms with van der Waals surface area (Å²) in [5, 5.41) is 0. The van der Waals surface area contributed by atoms with Gasteiger partial charge in [-0.3, -0.25) is 0 Å². The number of unbranched alkanes of at least 4 members (excludes halogenated alkanes) is 2. The summed E-state index contributed by atoms with van der Waals surface area (Å²) < 4.78 is 13.0. The predicted molar refractivity (Wildman–Crippen MR) is 101 cm³/mol. The molecule has 0 radical (unpaired) electrons. The summed E-state index contributed by atoms with van der Waals surface area (Å²) in [4.78, 5) is 0. The van der Waals surface area contributed by atoms with Crippen LogP contribution in [0.15, 0.2) is 24.3 Å². The maximum atomic E-state index is 13.0. The fourth-order valence-electron chi connectivity index (χ4n) is 5.02. The van der Waals surface area contributed by atoms with Crippen molar-refractivity contribution in [1.29, 1.82) is 0 Å². The molecule has 3 rings (SSSR count). The van der Waals surface area contributed by atoms with Crippen molar-refractivity contribution >= 4 is 0 Å². The molecule has 0 atom stereocenters. The van der Waals surface area contributed by atoms with Gasteiger partial charge >= 0.3 is 0 Å². The quantitative estimate of drug-likeness (QED) is 0.433. The first-order valence-corrected chi connectivity index (χ1v) is 10.5. The molecule has 0 aromatic heterocycles. The Balaban J connectivity index is 1.29. The lowest BCUT2D eigenvalue weighted by atomic mass is 9.69. The third-order valence-electron chi connectivity index (χ3n) is 6.72. The molecule has 1 aromatic carbocycles. The van der Waals surface area contributed by atoms with Gasteiger partial charge in [-0.15, -0.1) is 0 Å². The summed E-state index contributed by atoms with van der Waals surface area (Å²) >= 11 is 0. The maximum Gasteiger partial charge on any atom is 0.123 e. The minimum atomic E-state index is -0.110. The fourth-order valence-corrected chi connectivity index (χ4v) is 5.02. The van der Waals surface area contributed by atoms with Crippen molar-refractivity contribution < 1.29 is 4.39 Å². The van der Waals surface area contributed by atoms with Crippen LogP contribution in [0.1, 0.15) is 95.5 Å². The highest BCUT2D eigenvalue weighted by Crippen LogP contribution is 2.43. The lowest BCUT2D eigenvalue weighted by Crippen LogP contribution is -2.24. The summed E-state index contributed by atoms with van der Waals surface area (Å²) in [5.74, 6) is 3.64. The molecule has 24 heavy (non-hydrogen) atoms. The number of benzene rings is 1. The van der Waals surface area contributed by atoms with Gasteiger partial charge in [0, 0.05) is 0 Å². The maximum absolute atomic E-state index is 13.0. The molecule has 0 aliphatic heterocycles. The molecule has 0 nitrogen and oxygen atoms in total. The summed E-state index contributed by atoms with van der Waals surface area (Å²) in [6, 6.07) is 7.23. The SMILES string of the molecule is CCCCCC1CC(CCC2CCC(c3ccc(F)cc3)CC2)C1. The van der Waals surface area contributed by atoms with Gasteiger partial charge in [-0.1, -0.05) is 57.6 Å². The van der Waals surface area contributed by atoms with E-state index in [1.807, 2.05) is 12.1 Å². The molecule has 2 aliphatic rings. The molecule has 2 aliphatic carbocycles. The third-order valence-corrected chi connectivity index (χ3v) is 6.72. The van der Waals surface area contributed by atoms with Gasteiger partial charge in [0.25, 0.3) is 0 Å². The Hall–Kier alpha value is -0.850. The van der Waals surface area contributed by atoms with Crippen molar-refractivity contribution in [2.24, 2.45) is 17.8 Å². The van der Waals surface area contributed by atoms with Gasteiger partial charge in [-0.25, -0.2) is 4.39 Å². The van der Waals surface area contributed by atoms with E-state index in [1.54, 1.807) is 12.1 Å². The second-order valence-electron chi connectivity index (χ2n) is 8.55. The van der Waals surface area contributed by atoms with Crippen molar-refractivity contribution in [1.82, 2.24) is 0 Å². The van der Waals surface area contributed by atoms with Crippen molar-refractivity contribution in [3.8, 4) is 0 Å². The van der Waals surface area contributed by atoms with E-state index < -0.39 is 0 Å². The summed E-state index contributed by atoms with van der Waals surface area (Å²) in [5.41, 5.74) is 1.35. The molecule has 0 spiro atoms. The molecule has 134 valence electrons. The molecule has 1 heteroatoms. The standard InChI is InChI=1S/C23H35F/c1-2-3-4-5-19-16-20(17-19)7-6-18-8-10-21(11-9-18)22-12-14-23(24)15-13-22/h12-15,18-21H,2-11,16-17H2,1H3. The molecular weight excluding hydrogens is 295 g/mol. The normalized spacial score (nSPS) is 30.1. The van der Waals surface area contributed by atoms with E-state index in [-0.39, 0.29) is 5.82 Å². The summed E-state index contributed by atoms with van der Waals surface area (Å²) in [6.45, 7) is 2.30. The molecule has 0 unspecified atom stereocenters. The minimum absolute atomic E-state index is 0.110. The lowest BCUT2D eigenvalue weighted by Gasteiger charge is -2.37. The summed E-state index contributed by atoms with van der Waals surface area (Å²) in [7, 11) is 0. The third kappa shape index (κ3) is 5.07. The van der Waals surface area contributed by atoms with Crippen LogP contribution in [0.2, 0.25) is 0 Å². The molecule has 0 N–H and O–H groups in total. The number of hydrogen-bond donors (Lipinski definition) is 0. The van der Waals surface area contributed by atoms with Gasteiger partial charge in [-0.2, -0.15) is 0 Å². The van der Waals surface area contributed by atoms with Crippen LogP contribution in [0.4, 0.5) is 4.39 Å². The average Bonchev–Trinajstić information content (AvgIpc) is 2.57. The van der Waals surface area contributed by atoms with Gasteiger partial charge in [0.1, 0.15) is 5.82 Å². The molecule has 1 aromatic rings. The monoisotopic (exact) mass is 330 g/mol. The van der Waals surface area contributed by atoms with Gasteiger partial charge < -0.3 is 0 Å². The van der Waals surface area contributed by atoms with Crippen molar-refractivity contribution in [3.63, 3.8) is 0 Å². The number of halogens is 1. The Morgan fingerprint density at radius 1 is 0.792 bits per heavy atom. The van der Waals surface area contributed by atoms with Gasteiger partial charge in [0.05, 0.1) is 0 Å². The topological polar surface area (TPSA) is 0 Å². The Kier molecular flexibility index (Phi) is 6.75. The molecule has 0 saturated heterocycles. The molecule has 0 bridgehead atoms. The first-order valence-electron chi connectivity index (χ1n) is 10.5. The van der Waals surface area contributed by atoms with Crippen LogP contribution in [0.5, 0.6) is 0 Å². The Labute approximate surface area is 148 Å². The van der Waals surface area contributed by atoms with E-state index in [9.17, 15) is 4.39 Å². The van der Waals surface area contributed by atoms with Crippen LogP contribution in [-0.2, 0) is 0 Å². The number of rotatable bonds is 8. The predicted octanol–water partition coefficient (Wildman–Crippen LogP) is 7.49. The molecular formula is C23H35F. The van der Waals surface area contributed by atoms with Crippen molar-refractivity contribution in [3.05, 3.63) is 35.6 Å². The van der Waals surface area contributed by atoms with E-state index in [0.717, 1.165) is 17.8 Å². The fraction of sp³-hybridized carbons (Fsp3) is 0.739. The van der Waals surface area contributed by atoms with E-state index in [4.69, 9.17) is 0 Å². The van der Waals surface area contributed by atoms with E-state index in [0.29, 0.717) is 5.92 Å². The summed E-state index contributed by atoms with van der Waals surface area (Å²) in [6.07, 6.45) is 17.1. The van der Waals surface area contributed by atoms with Crippen molar-refractivity contribution in [2.75, 3.05) is 0 Å². The Bertz CT molecular complexity index is 463. The molecule has 2 saturated carbocycles. The zero-order chi connectivity index (χ0) is 16.8. The van der Waals surface area contributed by atoms with Gasteiger partial charge in [-0.05, 0) is 79.9 Å². The van der Waals surface area contributed by atoms with Crippen LogP contribution >= 0.6 is 0 Å². The van der Waals surface area contributed by atoms with Crippen LogP contribution < -0.4 is 0 Å². The van der Waals surface area contributed by atoms with Crippen LogP contribution in [-0.4, -0.2) is 0 Å². The zero-order valence-electron chi connectivity index (χ0n) is 15.5. The molecule has 2 fully saturated rings. The minimum Gasteiger partial charge on any atom is -0.207 e. The van der Waals surface area contributed by atoms with Gasteiger partial charge in [0.15, 0.2) is 0 Å².